The van der Waals surface area contributed by atoms with Gasteiger partial charge in [0, 0.05) is 18.0 Å². The highest BCUT2D eigenvalue weighted by molar-refractivity contribution is 6.30. The fourth-order valence-corrected chi connectivity index (χ4v) is 1.49. The van der Waals surface area contributed by atoms with Crippen LogP contribution in [-0.2, 0) is 13.0 Å². The van der Waals surface area contributed by atoms with Gasteiger partial charge < -0.3 is 14.6 Å². The first kappa shape index (κ1) is 12.9. The maximum absolute atomic E-state index is 5.78. The van der Waals surface area contributed by atoms with Crippen LogP contribution in [0.5, 0.6) is 5.75 Å². The number of ether oxygens (including phenoxy) is 1. The normalized spacial score (nSPS) is 10.6. The molecule has 2 aromatic rings. The van der Waals surface area contributed by atoms with Crippen molar-refractivity contribution in [1.82, 2.24) is 15.5 Å². The highest BCUT2D eigenvalue weighted by Gasteiger charge is 2.06. The number of nitrogens with one attached hydrogen (secondary N) is 1. The van der Waals surface area contributed by atoms with E-state index in [9.17, 15) is 0 Å². The van der Waals surface area contributed by atoms with Crippen LogP contribution in [0.25, 0.3) is 0 Å². The zero-order valence-electron chi connectivity index (χ0n) is 10.0. The second kappa shape index (κ2) is 6.37. The molecule has 0 fully saturated rings. The second-order valence-corrected chi connectivity index (χ2v) is 4.14. The molecule has 0 spiro atoms. The van der Waals surface area contributed by atoms with Crippen molar-refractivity contribution in [2.24, 2.45) is 0 Å². The predicted molar refractivity (Wildman–Crippen MR) is 67.7 cm³/mol. The summed E-state index contributed by atoms with van der Waals surface area (Å²) in [5, 5.41) is 7.55. The molecule has 0 atom stereocenters. The molecule has 0 amide bonds. The first-order valence-corrected chi connectivity index (χ1v) is 6.00. The van der Waals surface area contributed by atoms with Crippen LogP contribution in [0.15, 0.2) is 28.8 Å². The van der Waals surface area contributed by atoms with Gasteiger partial charge in [0.15, 0.2) is 12.4 Å². The van der Waals surface area contributed by atoms with Crippen LogP contribution < -0.4 is 10.1 Å². The fourth-order valence-electron chi connectivity index (χ4n) is 1.36. The maximum Gasteiger partial charge on any atom is 0.264 e. The quantitative estimate of drug-likeness (QED) is 0.868. The number of hydrogen-bond acceptors (Lipinski definition) is 5. The summed E-state index contributed by atoms with van der Waals surface area (Å²) in [6.07, 6.45) is 0.737. The molecule has 5 nitrogen and oxygen atoms in total. The van der Waals surface area contributed by atoms with Gasteiger partial charge >= 0.3 is 0 Å². The van der Waals surface area contributed by atoms with Crippen LogP contribution in [0, 0.1) is 0 Å². The summed E-state index contributed by atoms with van der Waals surface area (Å²) in [5.41, 5.74) is 0. The maximum atomic E-state index is 5.78. The van der Waals surface area contributed by atoms with Crippen molar-refractivity contribution in [3.63, 3.8) is 0 Å². The molecule has 0 aliphatic heterocycles. The van der Waals surface area contributed by atoms with Gasteiger partial charge in [0.05, 0.1) is 0 Å². The number of hydrogen-bond donors (Lipinski definition) is 1. The molecule has 2 rings (SSSR count). The Hall–Kier alpha value is -1.59. The molecule has 1 aromatic heterocycles. The first-order valence-electron chi connectivity index (χ1n) is 5.62. The number of benzene rings is 1. The van der Waals surface area contributed by atoms with E-state index in [4.69, 9.17) is 20.9 Å². The molecule has 0 unspecified atom stereocenters. The summed E-state index contributed by atoms with van der Waals surface area (Å²) in [5.74, 6) is 1.87. The lowest BCUT2D eigenvalue weighted by molar-refractivity contribution is 0.242. The molecule has 0 aliphatic rings. The third kappa shape index (κ3) is 3.72. The van der Waals surface area contributed by atoms with Gasteiger partial charge in [-0.2, -0.15) is 4.98 Å². The molecule has 18 heavy (non-hydrogen) atoms. The second-order valence-electron chi connectivity index (χ2n) is 3.70. The summed E-state index contributed by atoms with van der Waals surface area (Å²) in [4.78, 5) is 4.21. The van der Waals surface area contributed by atoms with Crippen molar-refractivity contribution < 1.29 is 9.26 Å². The molecule has 1 heterocycles. The topological polar surface area (TPSA) is 60.2 Å². The monoisotopic (exact) mass is 267 g/mol. The number of nitrogens with zero attached hydrogens (tertiary/aromatic N) is 2. The van der Waals surface area contributed by atoms with E-state index >= 15 is 0 Å². The zero-order chi connectivity index (χ0) is 12.8. The van der Waals surface area contributed by atoms with E-state index in [0.29, 0.717) is 16.7 Å². The lowest BCUT2D eigenvalue weighted by Gasteiger charge is -2.02. The largest absolute Gasteiger partial charge is 0.484 e. The highest BCUT2D eigenvalue weighted by atomic mass is 35.5. The molecule has 0 aliphatic carbocycles. The van der Waals surface area contributed by atoms with Crippen molar-refractivity contribution in [3.05, 3.63) is 41.0 Å². The van der Waals surface area contributed by atoms with Crippen molar-refractivity contribution >= 4 is 11.6 Å². The van der Waals surface area contributed by atoms with Gasteiger partial charge in [-0.3, -0.25) is 0 Å². The summed E-state index contributed by atoms with van der Waals surface area (Å²) in [6, 6.07) is 7.12. The number of likely N-dealkylation sites (N-methyl/N-ethyl adjacent to an activating group) is 1. The number of halogens is 1. The highest BCUT2D eigenvalue weighted by Crippen LogP contribution is 2.16. The van der Waals surface area contributed by atoms with E-state index in [1.54, 1.807) is 24.3 Å². The third-order valence-electron chi connectivity index (χ3n) is 2.28. The van der Waals surface area contributed by atoms with E-state index in [0.717, 1.165) is 18.7 Å². The predicted octanol–water partition coefficient (Wildman–Crippen LogP) is 2.06. The number of aromatic nitrogens is 2. The molecule has 1 N–H and O–H groups in total. The SMILES string of the molecule is CNCCc1noc(COc2ccc(Cl)cc2)n1. The lowest BCUT2D eigenvalue weighted by Crippen LogP contribution is -2.11. The Labute approximate surface area is 110 Å². The average Bonchev–Trinajstić information content (AvgIpc) is 2.84. The van der Waals surface area contributed by atoms with Gasteiger partial charge in [-0.25, -0.2) is 0 Å². The third-order valence-corrected chi connectivity index (χ3v) is 2.54. The molecule has 0 bridgehead atoms. The molecular formula is C12H14ClN3O2. The summed E-state index contributed by atoms with van der Waals surface area (Å²) >= 11 is 5.78. The van der Waals surface area contributed by atoms with Crippen LogP contribution in [0.3, 0.4) is 0 Å². The van der Waals surface area contributed by atoms with Crippen molar-refractivity contribution in [1.29, 1.82) is 0 Å². The van der Waals surface area contributed by atoms with E-state index in [-0.39, 0.29) is 6.61 Å². The Morgan fingerprint density at radius 2 is 2.11 bits per heavy atom. The Morgan fingerprint density at radius 1 is 1.33 bits per heavy atom. The van der Waals surface area contributed by atoms with Crippen molar-refractivity contribution in [2.75, 3.05) is 13.6 Å². The van der Waals surface area contributed by atoms with Gasteiger partial charge in [0.2, 0.25) is 0 Å². The molecule has 1 aromatic carbocycles. The minimum absolute atomic E-state index is 0.258. The van der Waals surface area contributed by atoms with Gasteiger partial charge in [0.25, 0.3) is 5.89 Å². The molecule has 6 heteroatoms. The zero-order valence-corrected chi connectivity index (χ0v) is 10.8. The number of rotatable bonds is 6. The Kier molecular flexibility index (Phi) is 4.55. The van der Waals surface area contributed by atoms with E-state index in [1.807, 2.05) is 7.05 Å². The fraction of sp³-hybridized carbons (Fsp3) is 0.333. The first-order chi connectivity index (χ1) is 8.78. The van der Waals surface area contributed by atoms with Crippen LogP contribution >= 0.6 is 11.6 Å². The molecule has 0 saturated carbocycles. The molecule has 0 saturated heterocycles. The lowest BCUT2D eigenvalue weighted by atomic mass is 10.3. The molecular weight excluding hydrogens is 254 g/mol. The van der Waals surface area contributed by atoms with Crippen LogP contribution in [0.4, 0.5) is 0 Å². The van der Waals surface area contributed by atoms with Crippen molar-refractivity contribution in [2.45, 2.75) is 13.0 Å². The average molecular weight is 268 g/mol. The Morgan fingerprint density at radius 3 is 2.83 bits per heavy atom. The van der Waals surface area contributed by atoms with Gasteiger partial charge in [-0.05, 0) is 31.3 Å². The minimum Gasteiger partial charge on any atom is -0.484 e. The van der Waals surface area contributed by atoms with Gasteiger partial charge in [-0.1, -0.05) is 16.8 Å². The van der Waals surface area contributed by atoms with Crippen LogP contribution in [0.2, 0.25) is 5.02 Å². The van der Waals surface area contributed by atoms with E-state index in [1.165, 1.54) is 0 Å². The standard InChI is InChI=1S/C12H14ClN3O2/c1-14-7-6-11-15-12(18-16-11)8-17-10-4-2-9(13)3-5-10/h2-5,14H,6-8H2,1H3. The Balaban J connectivity index is 1.86. The van der Waals surface area contributed by atoms with Gasteiger partial charge in [0.1, 0.15) is 5.75 Å². The molecule has 96 valence electrons. The van der Waals surface area contributed by atoms with Gasteiger partial charge in [-0.15, -0.1) is 0 Å². The summed E-state index contributed by atoms with van der Waals surface area (Å²) in [7, 11) is 1.88. The minimum atomic E-state index is 0.258. The van der Waals surface area contributed by atoms with Crippen LogP contribution in [-0.4, -0.2) is 23.7 Å². The van der Waals surface area contributed by atoms with Crippen molar-refractivity contribution in [3.8, 4) is 5.75 Å². The van der Waals surface area contributed by atoms with E-state index < -0.39 is 0 Å². The summed E-state index contributed by atoms with van der Waals surface area (Å²) in [6.45, 7) is 1.07. The smallest absolute Gasteiger partial charge is 0.264 e. The molecule has 0 radical (unpaired) electrons. The van der Waals surface area contributed by atoms with E-state index in [2.05, 4.69) is 15.5 Å². The summed E-state index contributed by atoms with van der Waals surface area (Å²) < 4.78 is 10.6. The van der Waals surface area contributed by atoms with Crippen LogP contribution in [0.1, 0.15) is 11.7 Å². The Bertz CT molecular complexity index is 484.